The lowest BCUT2D eigenvalue weighted by atomic mass is 9.72. The molecule has 0 aliphatic rings. The number of pyridine rings is 2. The molecule has 0 fully saturated rings. The summed E-state index contributed by atoms with van der Waals surface area (Å²) in [6, 6.07) is 18.2. The normalized spacial score (nSPS) is 13.4. The fourth-order valence-corrected chi connectivity index (χ4v) is 3.69. The van der Waals surface area contributed by atoms with Crippen LogP contribution in [-0.4, -0.2) is 9.97 Å². The van der Waals surface area contributed by atoms with Gasteiger partial charge in [-0.3, -0.25) is 9.97 Å². The number of rotatable bonds is 7. The van der Waals surface area contributed by atoms with E-state index in [-0.39, 0.29) is 5.41 Å². The van der Waals surface area contributed by atoms with Crippen LogP contribution in [0.3, 0.4) is 0 Å². The Morgan fingerprint density at radius 3 is 2.44 bits per heavy atom. The minimum absolute atomic E-state index is 0.299. The van der Waals surface area contributed by atoms with Crippen LogP contribution < -0.4 is 0 Å². The van der Waals surface area contributed by atoms with Crippen molar-refractivity contribution >= 4 is 0 Å². The van der Waals surface area contributed by atoms with Gasteiger partial charge >= 0.3 is 0 Å². The summed E-state index contributed by atoms with van der Waals surface area (Å²) in [7, 11) is 0. The van der Waals surface area contributed by atoms with Crippen molar-refractivity contribution in [2.45, 2.75) is 31.6 Å². The molecule has 0 aliphatic heterocycles. The first kappa shape index (κ1) is 17.3. The van der Waals surface area contributed by atoms with Crippen molar-refractivity contribution in [3.8, 4) is 0 Å². The van der Waals surface area contributed by atoms with Gasteiger partial charge in [0.2, 0.25) is 0 Å². The largest absolute Gasteiger partial charge is 0.469 e. The summed E-state index contributed by atoms with van der Waals surface area (Å²) in [6.07, 6.45) is 9.54. The van der Waals surface area contributed by atoms with Crippen LogP contribution in [0.15, 0.2) is 88.3 Å². The fraction of sp³-hybridized carbons (Fsp3) is 0.217. The van der Waals surface area contributed by atoms with Crippen LogP contribution in [0.25, 0.3) is 0 Å². The summed E-state index contributed by atoms with van der Waals surface area (Å²) >= 11 is 0. The van der Waals surface area contributed by atoms with Crippen LogP contribution in [0.2, 0.25) is 0 Å². The van der Waals surface area contributed by atoms with E-state index in [2.05, 4.69) is 23.2 Å². The SMILES string of the molecule is Cc1ccc(CC(Cc2cccnc2)(Cc2ccco2)c2ccccn2)o1. The highest BCUT2D eigenvalue weighted by atomic mass is 16.3. The van der Waals surface area contributed by atoms with Crippen molar-refractivity contribution in [1.29, 1.82) is 0 Å². The molecule has 0 saturated heterocycles. The predicted molar refractivity (Wildman–Crippen MR) is 103 cm³/mol. The van der Waals surface area contributed by atoms with Crippen molar-refractivity contribution < 1.29 is 8.83 Å². The molecule has 0 N–H and O–H groups in total. The van der Waals surface area contributed by atoms with Crippen molar-refractivity contribution in [3.05, 3.63) is 108 Å². The zero-order valence-electron chi connectivity index (χ0n) is 15.3. The van der Waals surface area contributed by atoms with Crippen molar-refractivity contribution in [2.24, 2.45) is 0 Å². The highest BCUT2D eigenvalue weighted by Gasteiger charge is 2.36. The molecule has 4 heterocycles. The van der Waals surface area contributed by atoms with Crippen LogP contribution in [0.5, 0.6) is 0 Å². The third kappa shape index (κ3) is 4.00. The van der Waals surface area contributed by atoms with Gasteiger partial charge < -0.3 is 8.83 Å². The quantitative estimate of drug-likeness (QED) is 0.470. The minimum Gasteiger partial charge on any atom is -0.469 e. The molecule has 0 amide bonds. The Kier molecular flexibility index (Phi) is 4.88. The molecule has 0 bridgehead atoms. The maximum absolute atomic E-state index is 5.94. The summed E-state index contributed by atoms with van der Waals surface area (Å²) in [5.74, 6) is 2.81. The minimum atomic E-state index is -0.299. The Balaban J connectivity index is 1.81. The van der Waals surface area contributed by atoms with Gasteiger partial charge in [0.05, 0.1) is 6.26 Å². The van der Waals surface area contributed by atoms with Crippen LogP contribution >= 0.6 is 0 Å². The molecule has 0 radical (unpaired) electrons. The molecule has 0 spiro atoms. The first-order valence-corrected chi connectivity index (χ1v) is 9.12. The number of hydrogen-bond donors (Lipinski definition) is 0. The molecule has 27 heavy (non-hydrogen) atoms. The lowest BCUT2D eigenvalue weighted by molar-refractivity contribution is 0.332. The van der Waals surface area contributed by atoms with Gasteiger partial charge in [0.1, 0.15) is 17.3 Å². The Labute approximate surface area is 158 Å². The van der Waals surface area contributed by atoms with Gasteiger partial charge in [0.15, 0.2) is 0 Å². The zero-order valence-corrected chi connectivity index (χ0v) is 15.3. The average molecular weight is 358 g/mol. The standard InChI is InChI=1S/C23H22N2O2/c1-18-9-10-21(27-18)16-23(15-20-7-5-13-26-20,22-8-2-3-12-25-22)14-19-6-4-11-24-17-19/h2-13,17H,14-16H2,1H3. The second-order valence-corrected chi connectivity index (χ2v) is 6.98. The van der Waals surface area contributed by atoms with E-state index in [0.29, 0.717) is 0 Å². The Morgan fingerprint density at radius 1 is 0.852 bits per heavy atom. The molecule has 0 aromatic carbocycles. The first-order chi connectivity index (χ1) is 13.2. The number of furan rings is 2. The van der Waals surface area contributed by atoms with Crippen molar-refractivity contribution in [2.75, 3.05) is 0 Å². The first-order valence-electron chi connectivity index (χ1n) is 9.12. The fourth-order valence-electron chi connectivity index (χ4n) is 3.69. The smallest absolute Gasteiger partial charge is 0.105 e. The van der Waals surface area contributed by atoms with E-state index in [1.54, 1.807) is 12.5 Å². The molecule has 0 aliphatic carbocycles. The van der Waals surface area contributed by atoms with E-state index in [1.807, 2.05) is 55.7 Å². The van der Waals surface area contributed by atoms with E-state index < -0.39 is 0 Å². The molecule has 1 atom stereocenters. The highest BCUT2D eigenvalue weighted by Crippen LogP contribution is 2.35. The van der Waals surface area contributed by atoms with Gasteiger partial charge in [-0.25, -0.2) is 0 Å². The maximum atomic E-state index is 5.94. The van der Waals surface area contributed by atoms with Crippen LogP contribution in [0.4, 0.5) is 0 Å². The van der Waals surface area contributed by atoms with Crippen molar-refractivity contribution in [3.63, 3.8) is 0 Å². The summed E-state index contributed by atoms with van der Waals surface area (Å²) in [5.41, 5.74) is 1.89. The van der Waals surface area contributed by atoms with E-state index in [0.717, 1.165) is 47.8 Å². The third-order valence-electron chi connectivity index (χ3n) is 4.87. The number of nitrogens with zero attached hydrogens (tertiary/aromatic N) is 2. The second-order valence-electron chi connectivity index (χ2n) is 6.98. The Bertz CT molecular complexity index is 962. The summed E-state index contributed by atoms with van der Waals surface area (Å²) in [6.45, 7) is 1.97. The van der Waals surface area contributed by atoms with Gasteiger partial charge in [-0.2, -0.15) is 0 Å². The highest BCUT2D eigenvalue weighted by molar-refractivity contribution is 5.28. The Hall–Kier alpha value is -3.14. The second kappa shape index (κ2) is 7.62. The molecule has 4 nitrogen and oxygen atoms in total. The molecule has 0 saturated carbocycles. The van der Waals surface area contributed by atoms with Crippen LogP contribution in [0.1, 0.15) is 28.5 Å². The monoisotopic (exact) mass is 358 g/mol. The number of aromatic nitrogens is 2. The molecule has 4 aromatic rings. The molecular weight excluding hydrogens is 336 g/mol. The molecule has 1 unspecified atom stereocenters. The summed E-state index contributed by atoms with van der Waals surface area (Å²) in [5, 5.41) is 0. The van der Waals surface area contributed by atoms with Gasteiger partial charge in [-0.1, -0.05) is 12.1 Å². The third-order valence-corrected chi connectivity index (χ3v) is 4.87. The average Bonchev–Trinajstić information content (AvgIpc) is 3.35. The molecular formula is C23H22N2O2. The molecule has 4 rings (SSSR count). The maximum Gasteiger partial charge on any atom is 0.105 e. The van der Waals surface area contributed by atoms with Crippen LogP contribution in [0, 0.1) is 6.92 Å². The summed E-state index contributed by atoms with van der Waals surface area (Å²) < 4.78 is 11.7. The van der Waals surface area contributed by atoms with Gasteiger partial charge in [0, 0.05) is 42.5 Å². The summed E-state index contributed by atoms with van der Waals surface area (Å²) in [4.78, 5) is 9.03. The zero-order chi connectivity index (χ0) is 18.5. The van der Waals surface area contributed by atoms with E-state index >= 15 is 0 Å². The van der Waals surface area contributed by atoms with Crippen molar-refractivity contribution in [1.82, 2.24) is 9.97 Å². The molecule has 4 aromatic heterocycles. The molecule has 136 valence electrons. The predicted octanol–water partition coefficient (Wildman–Crippen LogP) is 4.94. The van der Waals surface area contributed by atoms with E-state index in [9.17, 15) is 0 Å². The lowest BCUT2D eigenvalue weighted by Gasteiger charge is -2.32. The van der Waals surface area contributed by atoms with Gasteiger partial charge in [-0.05, 0) is 61.4 Å². The van der Waals surface area contributed by atoms with Gasteiger partial charge in [0.25, 0.3) is 0 Å². The van der Waals surface area contributed by atoms with E-state index in [4.69, 9.17) is 13.8 Å². The van der Waals surface area contributed by atoms with Gasteiger partial charge in [-0.15, -0.1) is 0 Å². The Morgan fingerprint density at radius 2 is 1.78 bits per heavy atom. The molecule has 4 heteroatoms. The number of hydrogen-bond acceptors (Lipinski definition) is 4. The lowest BCUT2D eigenvalue weighted by Crippen LogP contribution is -2.35. The van der Waals surface area contributed by atoms with E-state index in [1.165, 1.54) is 0 Å². The van der Waals surface area contributed by atoms with Crippen LogP contribution in [-0.2, 0) is 24.7 Å². The number of aryl methyl sites for hydroxylation is 1. The topological polar surface area (TPSA) is 52.1 Å².